The molecule has 0 aliphatic carbocycles. The van der Waals surface area contributed by atoms with Crippen LogP contribution in [-0.4, -0.2) is 24.1 Å². The Balaban J connectivity index is 1.91. The quantitative estimate of drug-likeness (QED) is 0.947. The Morgan fingerprint density at radius 3 is 2.59 bits per heavy atom. The second kappa shape index (κ2) is 6.28. The first kappa shape index (κ1) is 14.7. The Kier molecular flexibility index (Phi) is 4.20. The van der Waals surface area contributed by atoms with Crippen LogP contribution in [0.15, 0.2) is 48.7 Å². The van der Waals surface area contributed by atoms with E-state index in [1.807, 2.05) is 49.4 Å². The maximum absolute atomic E-state index is 13.0. The van der Waals surface area contributed by atoms with Gasteiger partial charge in [0.25, 0.3) is 0 Å². The minimum absolute atomic E-state index is 0.0000926. The molecule has 2 aromatic rings. The largest absolute Gasteiger partial charge is 0.381 e. The van der Waals surface area contributed by atoms with E-state index in [9.17, 15) is 4.79 Å². The molecular weight excluding hydrogens is 276 g/mol. The average molecular weight is 296 g/mol. The zero-order valence-corrected chi connectivity index (χ0v) is 12.7. The fourth-order valence-electron chi connectivity index (χ4n) is 2.96. The van der Waals surface area contributed by atoms with Crippen LogP contribution < -0.4 is 5.32 Å². The second-order valence-corrected chi connectivity index (χ2v) is 5.73. The third-order valence-corrected chi connectivity index (χ3v) is 4.26. The standard InChI is InChI=1S/C18H20N2O2/c1-14-7-10-19-16(13-14)20-17(21)18(8-11-22-12-9-18)15-5-3-2-4-6-15/h2-7,10,13H,8-9,11-12H2,1H3,(H,19,20,21). The molecule has 0 spiro atoms. The molecule has 1 aromatic heterocycles. The Hall–Kier alpha value is -2.20. The van der Waals surface area contributed by atoms with E-state index in [4.69, 9.17) is 4.74 Å². The van der Waals surface area contributed by atoms with Crippen molar-refractivity contribution in [2.75, 3.05) is 18.5 Å². The van der Waals surface area contributed by atoms with E-state index in [1.165, 1.54) is 0 Å². The van der Waals surface area contributed by atoms with E-state index in [1.54, 1.807) is 6.20 Å². The maximum atomic E-state index is 13.0. The van der Waals surface area contributed by atoms with E-state index in [0.29, 0.717) is 31.9 Å². The van der Waals surface area contributed by atoms with Crippen LogP contribution in [0.1, 0.15) is 24.0 Å². The molecule has 3 rings (SSSR count). The van der Waals surface area contributed by atoms with Crippen molar-refractivity contribution in [3.63, 3.8) is 0 Å². The Bertz CT molecular complexity index is 649. The number of nitrogens with one attached hydrogen (secondary N) is 1. The smallest absolute Gasteiger partial charge is 0.236 e. The van der Waals surface area contributed by atoms with Crippen molar-refractivity contribution in [2.24, 2.45) is 0 Å². The lowest BCUT2D eigenvalue weighted by Gasteiger charge is -2.36. The van der Waals surface area contributed by atoms with Crippen molar-refractivity contribution in [3.05, 3.63) is 59.8 Å². The molecule has 0 bridgehead atoms. The second-order valence-electron chi connectivity index (χ2n) is 5.73. The van der Waals surface area contributed by atoms with Crippen molar-refractivity contribution in [2.45, 2.75) is 25.2 Å². The average Bonchev–Trinajstić information content (AvgIpc) is 2.56. The monoisotopic (exact) mass is 296 g/mol. The molecular formula is C18H20N2O2. The van der Waals surface area contributed by atoms with Crippen LogP contribution in [-0.2, 0) is 14.9 Å². The normalized spacial score (nSPS) is 17.0. The molecule has 0 unspecified atom stereocenters. The molecule has 1 N–H and O–H groups in total. The summed E-state index contributed by atoms with van der Waals surface area (Å²) in [6.07, 6.45) is 3.09. The van der Waals surface area contributed by atoms with Gasteiger partial charge >= 0.3 is 0 Å². The summed E-state index contributed by atoms with van der Waals surface area (Å²) in [5.41, 5.74) is 1.58. The van der Waals surface area contributed by atoms with Gasteiger partial charge in [0.05, 0.1) is 5.41 Å². The van der Waals surface area contributed by atoms with Crippen molar-refractivity contribution >= 4 is 11.7 Å². The number of carbonyl (C=O) groups is 1. The summed E-state index contributed by atoms with van der Waals surface area (Å²) < 4.78 is 5.47. The molecule has 1 amide bonds. The first-order chi connectivity index (χ1) is 10.7. The highest BCUT2D eigenvalue weighted by molar-refractivity contribution is 5.98. The number of benzene rings is 1. The van der Waals surface area contributed by atoms with E-state index < -0.39 is 5.41 Å². The van der Waals surface area contributed by atoms with Crippen molar-refractivity contribution in [1.82, 2.24) is 4.98 Å². The maximum Gasteiger partial charge on any atom is 0.236 e. The Labute approximate surface area is 130 Å². The fraction of sp³-hybridized carbons (Fsp3) is 0.333. The van der Waals surface area contributed by atoms with Gasteiger partial charge in [-0.3, -0.25) is 4.79 Å². The molecule has 114 valence electrons. The van der Waals surface area contributed by atoms with Crippen LogP contribution in [0.25, 0.3) is 0 Å². The number of pyridine rings is 1. The number of amides is 1. The lowest BCUT2D eigenvalue weighted by atomic mass is 9.73. The van der Waals surface area contributed by atoms with Crippen molar-refractivity contribution < 1.29 is 9.53 Å². The number of hydrogen-bond donors (Lipinski definition) is 1. The number of aromatic nitrogens is 1. The summed E-state index contributed by atoms with van der Waals surface area (Å²) in [6, 6.07) is 13.8. The van der Waals surface area contributed by atoms with Crippen LogP contribution in [0.4, 0.5) is 5.82 Å². The molecule has 4 nitrogen and oxygen atoms in total. The SMILES string of the molecule is Cc1ccnc(NC(=O)C2(c3ccccc3)CCOCC2)c1. The summed E-state index contributed by atoms with van der Waals surface area (Å²) in [7, 11) is 0. The Morgan fingerprint density at radius 2 is 1.91 bits per heavy atom. The molecule has 0 atom stereocenters. The zero-order valence-electron chi connectivity index (χ0n) is 12.7. The number of anilines is 1. The van der Waals surface area contributed by atoms with Gasteiger partial charge in [-0.05, 0) is 43.0 Å². The van der Waals surface area contributed by atoms with Gasteiger partial charge in [-0.15, -0.1) is 0 Å². The third kappa shape index (κ3) is 2.88. The van der Waals surface area contributed by atoms with Gasteiger partial charge in [0.1, 0.15) is 5.82 Å². The molecule has 4 heteroatoms. The van der Waals surface area contributed by atoms with E-state index in [2.05, 4.69) is 10.3 Å². The number of rotatable bonds is 3. The van der Waals surface area contributed by atoms with Crippen LogP contribution in [0.2, 0.25) is 0 Å². The van der Waals surface area contributed by atoms with E-state index >= 15 is 0 Å². The molecule has 2 heterocycles. The number of nitrogens with zero attached hydrogens (tertiary/aromatic N) is 1. The molecule has 0 radical (unpaired) electrons. The molecule has 1 aliphatic rings. The highest BCUT2D eigenvalue weighted by Crippen LogP contribution is 2.35. The first-order valence-electron chi connectivity index (χ1n) is 7.58. The minimum atomic E-state index is -0.537. The van der Waals surface area contributed by atoms with E-state index in [0.717, 1.165) is 11.1 Å². The Morgan fingerprint density at radius 1 is 1.18 bits per heavy atom. The molecule has 0 saturated carbocycles. The van der Waals surface area contributed by atoms with Gasteiger partial charge in [0, 0.05) is 19.4 Å². The van der Waals surface area contributed by atoms with Gasteiger partial charge in [-0.2, -0.15) is 0 Å². The van der Waals surface area contributed by atoms with Crippen LogP contribution in [0.3, 0.4) is 0 Å². The number of ether oxygens (including phenoxy) is 1. The summed E-state index contributed by atoms with van der Waals surface area (Å²) in [4.78, 5) is 17.2. The zero-order chi connectivity index (χ0) is 15.4. The summed E-state index contributed by atoms with van der Waals surface area (Å²) in [5.74, 6) is 0.604. The minimum Gasteiger partial charge on any atom is -0.381 e. The molecule has 1 aromatic carbocycles. The number of carbonyl (C=O) groups excluding carboxylic acids is 1. The van der Waals surface area contributed by atoms with E-state index in [-0.39, 0.29) is 5.91 Å². The van der Waals surface area contributed by atoms with Gasteiger partial charge in [-0.1, -0.05) is 30.3 Å². The highest BCUT2D eigenvalue weighted by Gasteiger charge is 2.41. The third-order valence-electron chi connectivity index (χ3n) is 4.26. The summed E-state index contributed by atoms with van der Waals surface area (Å²) >= 11 is 0. The van der Waals surface area contributed by atoms with Gasteiger partial charge in [0.15, 0.2) is 0 Å². The van der Waals surface area contributed by atoms with Crippen LogP contribution in [0, 0.1) is 6.92 Å². The van der Waals surface area contributed by atoms with Gasteiger partial charge < -0.3 is 10.1 Å². The molecule has 1 aliphatic heterocycles. The topological polar surface area (TPSA) is 51.2 Å². The van der Waals surface area contributed by atoms with Gasteiger partial charge in [0.2, 0.25) is 5.91 Å². The van der Waals surface area contributed by atoms with Crippen molar-refractivity contribution in [1.29, 1.82) is 0 Å². The predicted octanol–water partition coefficient (Wildman–Crippen LogP) is 3.08. The lowest BCUT2D eigenvalue weighted by Crippen LogP contribution is -2.45. The highest BCUT2D eigenvalue weighted by atomic mass is 16.5. The van der Waals surface area contributed by atoms with Crippen molar-refractivity contribution in [3.8, 4) is 0 Å². The van der Waals surface area contributed by atoms with Gasteiger partial charge in [-0.25, -0.2) is 4.98 Å². The number of hydrogen-bond acceptors (Lipinski definition) is 3. The summed E-state index contributed by atoms with van der Waals surface area (Å²) in [6.45, 7) is 3.19. The van der Waals surface area contributed by atoms with Crippen LogP contribution in [0.5, 0.6) is 0 Å². The van der Waals surface area contributed by atoms with Crippen LogP contribution >= 0.6 is 0 Å². The molecule has 1 fully saturated rings. The first-order valence-corrected chi connectivity index (χ1v) is 7.58. The predicted molar refractivity (Wildman–Crippen MR) is 85.8 cm³/mol. The lowest BCUT2D eigenvalue weighted by molar-refractivity contribution is -0.125. The number of aryl methyl sites for hydroxylation is 1. The molecule has 22 heavy (non-hydrogen) atoms. The molecule has 1 saturated heterocycles. The fourth-order valence-corrected chi connectivity index (χ4v) is 2.96. The summed E-state index contributed by atoms with van der Waals surface area (Å²) in [5, 5.41) is 2.99.